The molecule has 4 aromatic rings. The molecule has 0 fully saturated rings. The summed E-state index contributed by atoms with van der Waals surface area (Å²) in [6.07, 6.45) is 3.09. The Morgan fingerprint density at radius 3 is 1.90 bits per heavy atom. The van der Waals surface area contributed by atoms with Crippen molar-refractivity contribution in [1.82, 2.24) is 5.43 Å². The molecule has 0 atom stereocenters. The number of halogens is 4. The van der Waals surface area contributed by atoms with Crippen molar-refractivity contribution in [2.45, 2.75) is 0 Å². The van der Waals surface area contributed by atoms with E-state index in [0.29, 0.717) is 11.5 Å². The molecule has 4 aromatic carbocycles. The molecule has 0 unspecified atom stereocenters. The van der Waals surface area contributed by atoms with E-state index in [1.54, 1.807) is 26.5 Å². The summed E-state index contributed by atoms with van der Waals surface area (Å²) in [5.74, 6) is -0.00773. The van der Waals surface area contributed by atoms with Gasteiger partial charge in [-0.25, -0.2) is 10.2 Å². The van der Waals surface area contributed by atoms with Crippen LogP contribution < -0.4 is 20.6 Å². The van der Waals surface area contributed by atoms with Gasteiger partial charge in [-0.15, -0.1) is 5.10 Å². The van der Waals surface area contributed by atoms with Gasteiger partial charge in [0.1, 0.15) is 22.8 Å². The monoisotopic (exact) mass is 825 g/mol. The van der Waals surface area contributed by atoms with Crippen molar-refractivity contribution < 1.29 is 24.5 Å². The zero-order chi connectivity index (χ0) is 30.8. The first-order chi connectivity index (χ1) is 20.0. The van der Waals surface area contributed by atoms with Crippen LogP contribution in [-0.4, -0.2) is 48.8 Å². The van der Waals surface area contributed by atoms with Crippen LogP contribution in [0, 0.1) is 0 Å². The van der Waals surface area contributed by atoms with E-state index < -0.39 is 5.97 Å². The Balaban J connectivity index is 0.000000287. The summed E-state index contributed by atoms with van der Waals surface area (Å²) in [7, 11) is 3.16. The second-order valence-corrected chi connectivity index (χ2v) is 11.7. The number of nitrogens with two attached hydrogens (primary N) is 1. The van der Waals surface area contributed by atoms with E-state index in [0.717, 1.165) is 39.8 Å². The summed E-state index contributed by atoms with van der Waals surface area (Å²) in [4.78, 5) is 10.7. The quantitative estimate of drug-likeness (QED) is 0.0870. The predicted octanol–water partition coefficient (Wildman–Crippen LogP) is 7.27. The number of aromatic carboxylic acids is 1. The SMILES string of the molecule is COc1c(Br)cc(Br)cc1/C=N/N=C(N)N/N=C/c1cc(Br)cc(Br)c1OC.O=C(O)c1cc2ccccc2cc1O. The summed E-state index contributed by atoms with van der Waals surface area (Å²) < 4.78 is 14.0. The maximum atomic E-state index is 10.7. The highest BCUT2D eigenvalue weighted by Crippen LogP contribution is 2.32. The molecule has 0 spiro atoms. The third kappa shape index (κ3) is 9.02. The summed E-state index contributed by atoms with van der Waals surface area (Å²) >= 11 is 13.7. The number of hydrogen-bond donors (Lipinski definition) is 4. The minimum absolute atomic E-state index is 0.0218. The lowest BCUT2D eigenvalue weighted by molar-refractivity contribution is 0.0694. The minimum atomic E-state index is -1.12. The standard InChI is InChI=1S/C17H15Br4N5O2.C11H8O3/c1-27-15-9(3-11(18)5-13(15)20)7-23-25-17(22)26-24-8-10-4-12(19)6-14(21)16(10)28-2;12-10-6-8-4-2-1-3-7(8)5-9(10)11(13)14/h3-8H,1-2H3,(H3,22,25,26);1-6,12H,(H,13,14)/b23-7+,24-8+;. The fourth-order valence-corrected chi connectivity index (χ4v) is 6.37. The van der Waals surface area contributed by atoms with Crippen molar-refractivity contribution in [2.75, 3.05) is 14.2 Å². The van der Waals surface area contributed by atoms with Crippen LogP contribution in [0.5, 0.6) is 17.2 Å². The molecular formula is C28H23Br4N5O5. The number of hydrogen-bond acceptors (Lipinski definition) is 7. The third-order valence-electron chi connectivity index (χ3n) is 5.32. The maximum Gasteiger partial charge on any atom is 0.339 e. The molecule has 0 radical (unpaired) electrons. The molecule has 0 aromatic heterocycles. The van der Waals surface area contributed by atoms with Crippen molar-refractivity contribution in [3.05, 3.63) is 95.2 Å². The van der Waals surface area contributed by atoms with Gasteiger partial charge in [0.15, 0.2) is 0 Å². The molecule has 0 aliphatic carbocycles. The average molecular weight is 829 g/mol. The number of ether oxygens (including phenoxy) is 2. The number of guanidine groups is 1. The molecule has 0 bridgehead atoms. The van der Waals surface area contributed by atoms with E-state index in [1.807, 2.05) is 42.5 Å². The van der Waals surface area contributed by atoms with Gasteiger partial charge in [-0.05, 0) is 79.0 Å². The number of aromatic hydroxyl groups is 1. The highest BCUT2D eigenvalue weighted by Gasteiger charge is 2.10. The van der Waals surface area contributed by atoms with Crippen LogP contribution in [0.15, 0.2) is 93.9 Å². The average Bonchev–Trinajstić information content (AvgIpc) is 2.92. The number of phenols is 1. The van der Waals surface area contributed by atoms with Crippen LogP contribution in [0.25, 0.3) is 10.8 Å². The van der Waals surface area contributed by atoms with Gasteiger partial charge in [-0.2, -0.15) is 10.2 Å². The second-order valence-electron chi connectivity index (χ2n) is 8.14. The van der Waals surface area contributed by atoms with Gasteiger partial charge in [0.25, 0.3) is 0 Å². The molecule has 10 nitrogen and oxygen atoms in total. The van der Waals surface area contributed by atoms with Gasteiger partial charge in [0, 0.05) is 20.1 Å². The van der Waals surface area contributed by atoms with Crippen molar-refractivity contribution in [1.29, 1.82) is 0 Å². The van der Waals surface area contributed by atoms with Crippen LogP contribution >= 0.6 is 63.7 Å². The van der Waals surface area contributed by atoms with Crippen molar-refractivity contribution in [3.8, 4) is 17.2 Å². The Kier molecular flexibility index (Phi) is 12.3. The van der Waals surface area contributed by atoms with E-state index in [2.05, 4.69) is 84.4 Å². The highest BCUT2D eigenvalue weighted by atomic mass is 79.9. The number of benzene rings is 4. The second kappa shape index (κ2) is 15.7. The number of methoxy groups -OCH3 is 2. The van der Waals surface area contributed by atoms with Crippen molar-refractivity contribution in [2.24, 2.45) is 21.0 Å². The van der Waals surface area contributed by atoms with Crippen LogP contribution in [-0.2, 0) is 0 Å². The number of nitrogens with one attached hydrogen (secondary N) is 1. The predicted molar refractivity (Wildman–Crippen MR) is 179 cm³/mol. The van der Waals surface area contributed by atoms with E-state index in [9.17, 15) is 9.90 Å². The molecule has 0 saturated heterocycles. The molecule has 218 valence electrons. The van der Waals surface area contributed by atoms with Gasteiger partial charge in [0.2, 0.25) is 5.96 Å². The van der Waals surface area contributed by atoms with E-state index in [4.69, 9.17) is 20.3 Å². The lowest BCUT2D eigenvalue weighted by Gasteiger charge is -2.07. The Morgan fingerprint density at radius 1 is 0.857 bits per heavy atom. The van der Waals surface area contributed by atoms with Crippen LogP contribution in [0.2, 0.25) is 0 Å². The van der Waals surface area contributed by atoms with Crippen LogP contribution in [0.3, 0.4) is 0 Å². The molecule has 5 N–H and O–H groups in total. The molecule has 0 heterocycles. The van der Waals surface area contributed by atoms with Crippen LogP contribution in [0.4, 0.5) is 0 Å². The van der Waals surface area contributed by atoms with Gasteiger partial charge >= 0.3 is 5.97 Å². The summed E-state index contributed by atoms with van der Waals surface area (Å²) in [6.45, 7) is 0. The number of hydrazone groups is 1. The molecule has 0 aliphatic rings. The summed E-state index contributed by atoms with van der Waals surface area (Å²) in [5, 5.41) is 31.7. The van der Waals surface area contributed by atoms with Crippen molar-refractivity contribution >= 4 is 98.9 Å². The lowest BCUT2D eigenvalue weighted by atomic mass is 10.1. The lowest BCUT2D eigenvalue weighted by Crippen LogP contribution is -2.26. The molecule has 14 heteroatoms. The molecule has 0 aliphatic heterocycles. The Hall–Kier alpha value is -3.46. The summed E-state index contributed by atoms with van der Waals surface area (Å²) in [5.41, 5.74) is 9.79. The fraction of sp³-hybridized carbons (Fsp3) is 0.0714. The largest absolute Gasteiger partial charge is 0.507 e. The summed E-state index contributed by atoms with van der Waals surface area (Å²) in [6, 6.07) is 17.7. The Labute approximate surface area is 274 Å². The first-order valence-corrected chi connectivity index (χ1v) is 14.9. The van der Waals surface area contributed by atoms with E-state index in [1.165, 1.54) is 18.3 Å². The fourth-order valence-electron chi connectivity index (χ4n) is 3.53. The minimum Gasteiger partial charge on any atom is -0.507 e. The maximum absolute atomic E-state index is 10.7. The molecule has 0 saturated carbocycles. The number of fused-ring (bicyclic) bond motifs is 1. The first kappa shape index (κ1) is 33.0. The molecular weight excluding hydrogens is 806 g/mol. The zero-order valence-corrected chi connectivity index (χ0v) is 28.3. The Morgan fingerprint density at radius 2 is 1.38 bits per heavy atom. The number of carboxylic acid groups (broad SMARTS) is 1. The van der Waals surface area contributed by atoms with Gasteiger partial charge < -0.3 is 25.4 Å². The zero-order valence-electron chi connectivity index (χ0n) is 22.0. The number of nitrogens with zero attached hydrogens (tertiary/aromatic N) is 3. The molecule has 0 amide bonds. The topological polar surface area (TPSA) is 151 Å². The number of carbonyl (C=O) groups is 1. The van der Waals surface area contributed by atoms with E-state index >= 15 is 0 Å². The first-order valence-electron chi connectivity index (χ1n) is 11.7. The van der Waals surface area contributed by atoms with Gasteiger partial charge in [-0.1, -0.05) is 56.1 Å². The van der Waals surface area contributed by atoms with Crippen molar-refractivity contribution in [3.63, 3.8) is 0 Å². The third-order valence-corrected chi connectivity index (χ3v) is 7.42. The number of rotatable bonds is 7. The Bertz CT molecular complexity index is 1700. The van der Waals surface area contributed by atoms with Gasteiger partial charge in [-0.3, -0.25) is 0 Å². The molecule has 4 rings (SSSR count). The van der Waals surface area contributed by atoms with Gasteiger partial charge in [0.05, 0.1) is 35.6 Å². The van der Waals surface area contributed by atoms with E-state index in [-0.39, 0.29) is 17.3 Å². The normalized spacial score (nSPS) is 11.4. The van der Waals surface area contributed by atoms with Crippen LogP contribution in [0.1, 0.15) is 21.5 Å². The number of carboxylic acids is 1. The highest BCUT2D eigenvalue weighted by molar-refractivity contribution is 9.11. The molecule has 42 heavy (non-hydrogen) atoms. The smallest absolute Gasteiger partial charge is 0.339 e.